The first-order valence-corrected chi connectivity index (χ1v) is 3.25. The largest absolute Gasteiger partial charge is 0.462 e. The zero-order valence-electron chi connectivity index (χ0n) is 6.04. The Morgan fingerprint density at radius 3 is 2.80 bits per heavy atom. The number of carbonyl (C=O) groups is 1. The molecule has 0 aromatic carbocycles. The molecule has 3 N–H and O–H groups in total. The van der Waals surface area contributed by atoms with Crippen LogP contribution < -0.4 is 5.73 Å². The second-order valence-electron chi connectivity index (χ2n) is 1.91. The van der Waals surface area contributed by atoms with E-state index in [9.17, 15) is 4.79 Å². The Hall–Kier alpha value is -0.610. The highest BCUT2D eigenvalue weighted by Gasteiger charge is 2.10. The smallest absolute Gasteiger partial charge is 0.322 e. The fourth-order valence-corrected chi connectivity index (χ4v) is 0.420. The molecule has 0 rings (SSSR count). The zero-order chi connectivity index (χ0) is 7.98. The van der Waals surface area contributed by atoms with Gasteiger partial charge in [-0.25, -0.2) is 0 Å². The monoisotopic (exact) mass is 147 g/mol. The third kappa shape index (κ3) is 3.42. The summed E-state index contributed by atoms with van der Waals surface area (Å²) in [6.45, 7) is 1.68. The predicted molar refractivity (Wildman–Crippen MR) is 36.3 cm³/mol. The van der Waals surface area contributed by atoms with Crippen LogP contribution in [0, 0.1) is 0 Å². The van der Waals surface area contributed by atoms with Gasteiger partial charge in [0, 0.05) is 0 Å². The fraction of sp³-hybridized carbons (Fsp3) is 0.833. The van der Waals surface area contributed by atoms with Crippen LogP contribution in [0.2, 0.25) is 0 Å². The Kier molecular flexibility index (Phi) is 4.88. The van der Waals surface area contributed by atoms with Gasteiger partial charge in [0.1, 0.15) is 12.6 Å². The number of hydrogen-bond donors (Lipinski definition) is 2. The van der Waals surface area contributed by atoms with Gasteiger partial charge in [-0.1, -0.05) is 6.92 Å². The van der Waals surface area contributed by atoms with E-state index in [1.165, 1.54) is 0 Å². The highest BCUT2D eigenvalue weighted by molar-refractivity contribution is 5.75. The maximum atomic E-state index is 10.7. The van der Waals surface area contributed by atoms with Crippen LogP contribution in [-0.4, -0.2) is 30.3 Å². The van der Waals surface area contributed by atoms with Gasteiger partial charge in [-0.05, 0) is 6.42 Å². The lowest BCUT2D eigenvalue weighted by Gasteiger charge is -2.06. The van der Waals surface area contributed by atoms with Gasteiger partial charge in [0.05, 0.1) is 6.61 Å². The Morgan fingerprint density at radius 1 is 1.80 bits per heavy atom. The van der Waals surface area contributed by atoms with Crippen molar-refractivity contribution in [1.82, 2.24) is 0 Å². The maximum Gasteiger partial charge on any atom is 0.322 e. The maximum absolute atomic E-state index is 10.7. The van der Waals surface area contributed by atoms with E-state index in [0.717, 1.165) is 0 Å². The van der Waals surface area contributed by atoms with E-state index in [1.54, 1.807) is 6.92 Å². The first-order valence-electron chi connectivity index (χ1n) is 3.25. The lowest BCUT2D eigenvalue weighted by Crippen LogP contribution is -2.31. The molecule has 4 nitrogen and oxygen atoms in total. The normalized spacial score (nSPS) is 12.7. The minimum Gasteiger partial charge on any atom is -0.462 e. The lowest BCUT2D eigenvalue weighted by molar-refractivity contribution is -0.146. The van der Waals surface area contributed by atoms with Crippen molar-refractivity contribution in [2.75, 3.05) is 13.2 Å². The molecule has 0 radical (unpaired) electrons. The quantitative estimate of drug-likeness (QED) is 0.514. The number of rotatable bonds is 4. The van der Waals surface area contributed by atoms with Crippen molar-refractivity contribution in [2.45, 2.75) is 19.4 Å². The van der Waals surface area contributed by atoms with Crippen molar-refractivity contribution in [1.29, 1.82) is 0 Å². The second-order valence-corrected chi connectivity index (χ2v) is 1.91. The minimum absolute atomic E-state index is 0.0343. The Morgan fingerprint density at radius 2 is 2.40 bits per heavy atom. The van der Waals surface area contributed by atoms with Crippen LogP contribution in [0.15, 0.2) is 0 Å². The average Bonchev–Trinajstić information content (AvgIpc) is 1.98. The molecule has 0 bridgehead atoms. The summed E-state index contributed by atoms with van der Waals surface area (Å²) in [5.41, 5.74) is 5.30. The van der Waals surface area contributed by atoms with Gasteiger partial charge in [-0.15, -0.1) is 0 Å². The molecule has 1 atom stereocenters. The summed E-state index contributed by atoms with van der Waals surface area (Å²) in [7, 11) is 0. The SMILES string of the molecule is CCC(N)C(=O)OCCO. The lowest BCUT2D eigenvalue weighted by atomic mass is 10.2. The second kappa shape index (κ2) is 5.20. The van der Waals surface area contributed by atoms with E-state index in [-0.39, 0.29) is 13.2 Å². The number of aliphatic hydroxyl groups is 1. The van der Waals surface area contributed by atoms with Crippen molar-refractivity contribution in [3.63, 3.8) is 0 Å². The Balaban J connectivity index is 3.42. The Bertz CT molecular complexity index is 105. The van der Waals surface area contributed by atoms with Gasteiger partial charge >= 0.3 is 5.97 Å². The highest BCUT2D eigenvalue weighted by Crippen LogP contribution is 1.89. The molecule has 0 aliphatic rings. The first kappa shape index (κ1) is 9.39. The number of nitrogens with two attached hydrogens (primary N) is 1. The molecule has 0 spiro atoms. The fourth-order valence-electron chi connectivity index (χ4n) is 0.420. The van der Waals surface area contributed by atoms with Gasteiger partial charge in [-0.2, -0.15) is 0 Å². The number of esters is 1. The van der Waals surface area contributed by atoms with Crippen LogP contribution in [0.25, 0.3) is 0 Å². The molecular formula is C6H13NO3. The number of aliphatic hydroxyl groups excluding tert-OH is 1. The standard InChI is InChI=1S/C6H13NO3/c1-2-5(7)6(9)10-4-3-8/h5,8H,2-4,7H2,1H3. The van der Waals surface area contributed by atoms with E-state index in [0.29, 0.717) is 6.42 Å². The molecule has 4 heteroatoms. The summed E-state index contributed by atoms with van der Waals surface area (Å²) in [5, 5.41) is 8.25. The van der Waals surface area contributed by atoms with E-state index in [1.807, 2.05) is 0 Å². The van der Waals surface area contributed by atoms with E-state index in [4.69, 9.17) is 10.8 Å². The Labute approximate surface area is 60.0 Å². The van der Waals surface area contributed by atoms with Gasteiger partial charge in [-0.3, -0.25) is 4.79 Å². The molecule has 0 heterocycles. The summed E-state index contributed by atoms with van der Waals surface area (Å²) < 4.78 is 4.53. The third-order valence-corrected chi connectivity index (χ3v) is 1.08. The van der Waals surface area contributed by atoms with Crippen molar-refractivity contribution in [3.05, 3.63) is 0 Å². The first-order chi connectivity index (χ1) is 4.72. The van der Waals surface area contributed by atoms with Gasteiger partial charge in [0.15, 0.2) is 0 Å². The molecule has 10 heavy (non-hydrogen) atoms. The van der Waals surface area contributed by atoms with Gasteiger partial charge in [0.2, 0.25) is 0 Å². The average molecular weight is 147 g/mol. The minimum atomic E-state index is -0.549. The van der Waals surface area contributed by atoms with Crippen LogP contribution >= 0.6 is 0 Å². The molecule has 0 fully saturated rings. The van der Waals surface area contributed by atoms with E-state index in [2.05, 4.69) is 4.74 Å². The number of hydrogen-bond acceptors (Lipinski definition) is 4. The van der Waals surface area contributed by atoms with E-state index < -0.39 is 12.0 Å². The molecule has 60 valence electrons. The van der Waals surface area contributed by atoms with Crippen LogP contribution in [-0.2, 0) is 9.53 Å². The zero-order valence-corrected chi connectivity index (χ0v) is 6.04. The number of carbonyl (C=O) groups excluding carboxylic acids is 1. The van der Waals surface area contributed by atoms with Gasteiger partial charge < -0.3 is 15.6 Å². The highest BCUT2D eigenvalue weighted by atomic mass is 16.5. The molecular weight excluding hydrogens is 134 g/mol. The molecule has 1 unspecified atom stereocenters. The molecule has 0 aromatic rings. The molecule has 0 aliphatic heterocycles. The molecule has 0 saturated carbocycles. The van der Waals surface area contributed by atoms with Gasteiger partial charge in [0.25, 0.3) is 0 Å². The molecule has 0 aliphatic carbocycles. The van der Waals surface area contributed by atoms with Crippen molar-refractivity contribution in [3.8, 4) is 0 Å². The van der Waals surface area contributed by atoms with Crippen LogP contribution in [0.1, 0.15) is 13.3 Å². The summed E-state index contributed by atoms with van der Waals surface area (Å²) in [5.74, 6) is -0.448. The topological polar surface area (TPSA) is 72.6 Å². The van der Waals surface area contributed by atoms with Crippen molar-refractivity contribution < 1.29 is 14.6 Å². The van der Waals surface area contributed by atoms with Crippen LogP contribution in [0.3, 0.4) is 0 Å². The summed E-state index contributed by atoms with van der Waals surface area (Å²) in [4.78, 5) is 10.7. The molecule has 0 aromatic heterocycles. The van der Waals surface area contributed by atoms with Crippen LogP contribution in [0.5, 0.6) is 0 Å². The summed E-state index contributed by atoms with van der Waals surface area (Å²) in [6, 6.07) is -0.549. The molecule has 0 saturated heterocycles. The van der Waals surface area contributed by atoms with E-state index >= 15 is 0 Å². The summed E-state index contributed by atoms with van der Waals surface area (Å²) >= 11 is 0. The number of ether oxygens (including phenoxy) is 1. The predicted octanol–water partition coefficient (Wildman–Crippen LogP) is -0.741. The molecule has 0 amide bonds. The third-order valence-electron chi connectivity index (χ3n) is 1.08. The summed E-state index contributed by atoms with van der Waals surface area (Å²) in [6.07, 6.45) is 0.560. The van der Waals surface area contributed by atoms with Crippen molar-refractivity contribution in [2.24, 2.45) is 5.73 Å². The van der Waals surface area contributed by atoms with Crippen molar-refractivity contribution >= 4 is 5.97 Å². The van der Waals surface area contributed by atoms with Crippen LogP contribution in [0.4, 0.5) is 0 Å².